The highest BCUT2D eigenvalue weighted by atomic mass is 16.5. The van der Waals surface area contributed by atoms with Crippen molar-refractivity contribution in [2.75, 3.05) is 6.61 Å². The van der Waals surface area contributed by atoms with Gasteiger partial charge in [0.2, 0.25) is 5.88 Å². The number of benzene rings is 1. The average molecular weight is 275 g/mol. The van der Waals surface area contributed by atoms with Gasteiger partial charge in [-0.3, -0.25) is 0 Å². The van der Waals surface area contributed by atoms with Crippen LogP contribution in [0.4, 0.5) is 0 Å². The number of nitrogens with two attached hydrogens (primary N) is 1. The first-order valence-electron chi connectivity index (χ1n) is 6.79. The molecule has 2 rings (SSSR count). The van der Waals surface area contributed by atoms with Gasteiger partial charge in [-0.1, -0.05) is 19.1 Å². The van der Waals surface area contributed by atoms with Crippen LogP contribution in [0.15, 0.2) is 24.3 Å². The molecule has 0 unspecified atom stereocenters. The van der Waals surface area contributed by atoms with E-state index < -0.39 is 0 Å². The summed E-state index contributed by atoms with van der Waals surface area (Å²) >= 11 is 0. The third-order valence-corrected chi connectivity index (χ3v) is 3.01. The highest BCUT2D eigenvalue weighted by Gasteiger charge is 2.15. The van der Waals surface area contributed by atoms with Crippen molar-refractivity contribution in [3.8, 4) is 17.4 Å². The molecule has 0 aliphatic carbocycles. The molecule has 1 aromatic carbocycles. The van der Waals surface area contributed by atoms with Gasteiger partial charge in [0.25, 0.3) is 0 Å². The van der Waals surface area contributed by atoms with Crippen LogP contribution in [0.25, 0.3) is 0 Å². The number of aryl methyl sites for hydroxylation is 2. The van der Waals surface area contributed by atoms with Crippen molar-refractivity contribution in [2.24, 2.45) is 12.8 Å². The van der Waals surface area contributed by atoms with Crippen LogP contribution in [0.2, 0.25) is 0 Å². The lowest BCUT2D eigenvalue weighted by molar-refractivity contribution is 0.298. The van der Waals surface area contributed by atoms with Crippen LogP contribution < -0.4 is 15.2 Å². The van der Waals surface area contributed by atoms with Gasteiger partial charge in [-0.15, -0.1) is 0 Å². The second-order valence-corrected chi connectivity index (χ2v) is 4.59. The number of aromatic nitrogens is 2. The van der Waals surface area contributed by atoms with Crippen molar-refractivity contribution in [3.63, 3.8) is 0 Å². The standard InChI is InChI=1S/C15H21N3O2/c1-4-9-19-13-7-5-6-8-14(13)20-15-12(10-16)11(2)17-18(15)3/h5-8H,4,9-10,16H2,1-3H3. The van der Waals surface area contributed by atoms with Gasteiger partial charge in [0, 0.05) is 13.6 Å². The Morgan fingerprint density at radius 2 is 1.95 bits per heavy atom. The van der Waals surface area contributed by atoms with E-state index in [1.165, 1.54) is 0 Å². The van der Waals surface area contributed by atoms with Gasteiger partial charge in [-0.25, -0.2) is 4.68 Å². The molecule has 0 saturated heterocycles. The van der Waals surface area contributed by atoms with Crippen LogP contribution in [-0.2, 0) is 13.6 Å². The van der Waals surface area contributed by atoms with Crippen molar-refractivity contribution >= 4 is 0 Å². The largest absolute Gasteiger partial charge is 0.490 e. The Kier molecular flexibility index (Phi) is 4.63. The molecule has 2 aromatic rings. The summed E-state index contributed by atoms with van der Waals surface area (Å²) < 4.78 is 13.4. The van der Waals surface area contributed by atoms with Gasteiger partial charge in [0.05, 0.1) is 17.9 Å². The predicted molar refractivity (Wildman–Crippen MR) is 78.1 cm³/mol. The minimum atomic E-state index is 0.396. The average Bonchev–Trinajstić information content (AvgIpc) is 2.71. The molecule has 0 amide bonds. The van der Waals surface area contributed by atoms with E-state index in [9.17, 15) is 0 Å². The number of hydrogen-bond donors (Lipinski definition) is 1. The lowest BCUT2D eigenvalue weighted by Crippen LogP contribution is -2.03. The van der Waals surface area contributed by atoms with Crippen molar-refractivity contribution in [1.82, 2.24) is 9.78 Å². The second-order valence-electron chi connectivity index (χ2n) is 4.59. The van der Waals surface area contributed by atoms with Gasteiger partial charge in [0.1, 0.15) is 0 Å². The van der Waals surface area contributed by atoms with Crippen LogP contribution in [0.5, 0.6) is 17.4 Å². The maximum absolute atomic E-state index is 5.98. The maximum atomic E-state index is 5.98. The number of para-hydroxylation sites is 2. The van der Waals surface area contributed by atoms with E-state index >= 15 is 0 Å². The van der Waals surface area contributed by atoms with E-state index in [0.717, 1.165) is 23.4 Å². The van der Waals surface area contributed by atoms with E-state index in [4.69, 9.17) is 15.2 Å². The first-order valence-corrected chi connectivity index (χ1v) is 6.79. The smallest absolute Gasteiger partial charge is 0.222 e. The number of ether oxygens (including phenoxy) is 2. The minimum Gasteiger partial charge on any atom is -0.490 e. The van der Waals surface area contributed by atoms with E-state index in [2.05, 4.69) is 12.0 Å². The molecule has 2 N–H and O–H groups in total. The summed E-state index contributed by atoms with van der Waals surface area (Å²) in [5.74, 6) is 2.08. The molecule has 0 aliphatic heterocycles. The van der Waals surface area contributed by atoms with Crippen LogP contribution in [-0.4, -0.2) is 16.4 Å². The molecule has 0 bridgehead atoms. The lowest BCUT2D eigenvalue weighted by atomic mass is 10.2. The second kappa shape index (κ2) is 6.43. The van der Waals surface area contributed by atoms with E-state index in [1.54, 1.807) is 4.68 Å². The van der Waals surface area contributed by atoms with Crippen LogP contribution in [0.3, 0.4) is 0 Å². The highest BCUT2D eigenvalue weighted by Crippen LogP contribution is 2.33. The SMILES string of the molecule is CCCOc1ccccc1Oc1c(CN)c(C)nn1C. The van der Waals surface area contributed by atoms with Crippen molar-refractivity contribution in [3.05, 3.63) is 35.5 Å². The molecule has 5 nitrogen and oxygen atoms in total. The van der Waals surface area contributed by atoms with E-state index in [1.807, 2.05) is 38.2 Å². The predicted octanol–water partition coefficient (Wildman–Crippen LogP) is 2.77. The molecular weight excluding hydrogens is 254 g/mol. The molecule has 0 saturated carbocycles. The first kappa shape index (κ1) is 14.4. The molecule has 20 heavy (non-hydrogen) atoms. The summed E-state index contributed by atoms with van der Waals surface area (Å²) in [7, 11) is 1.84. The van der Waals surface area contributed by atoms with Crippen molar-refractivity contribution < 1.29 is 9.47 Å². The Bertz CT molecular complexity index is 578. The van der Waals surface area contributed by atoms with Crippen LogP contribution >= 0.6 is 0 Å². The van der Waals surface area contributed by atoms with E-state index in [0.29, 0.717) is 24.8 Å². The normalized spacial score (nSPS) is 10.6. The topological polar surface area (TPSA) is 62.3 Å². The van der Waals surface area contributed by atoms with Gasteiger partial charge >= 0.3 is 0 Å². The van der Waals surface area contributed by atoms with Gasteiger partial charge < -0.3 is 15.2 Å². The molecule has 0 atom stereocenters. The Balaban J connectivity index is 2.30. The lowest BCUT2D eigenvalue weighted by Gasteiger charge is -2.12. The minimum absolute atomic E-state index is 0.396. The molecule has 0 fully saturated rings. The fraction of sp³-hybridized carbons (Fsp3) is 0.400. The molecule has 5 heteroatoms. The summed E-state index contributed by atoms with van der Waals surface area (Å²) in [6.07, 6.45) is 0.952. The van der Waals surface area contributed by atoms with E-state index in [-0.39, 0.29) is 0 Å². The number of nitrogens with zero attached hydrogens (tertiary/aromatic N) is 2. The Morgan fingerprint density at radius 1 is 1.25 bits per heavy atom. The summed E-state index contributed by atoms with van der Waals surface area (Å²) in [5.41, 5.74) is 7.57. The quantitative estimate of drug-likeness (QED) is 0.880. The summed E-state index contributed by atoms with van der Waals surface area (Å²) in [6.45, 7) is 5.05. The van der Waals surface area contributed by atoms with Crippen molar-refractivity contribution in [1.29, 1.82) is 0 Å². The molecule has 0 radical (unpaired) electrons. The fourth-order valence-corrected chi connectivity index (χ4v) is 2.01. The third-order valence-electron chi connectivity index (χ3n) is 3.01. The van der Waals surface area contributed by atoms with Gasteiger partial charge in [0.15, 0.2) is 11.5 Å². The van der Waals surface area contributed by atoms with Crippen molar-refractivity contribution in [2.45, 2.75) is 26.8 Å². The summed E-state index contributed by atoms with van der Waals surface area (Å²) in [5, 5.41) is 4.34. The Labute approximate surface area is 119 Å². The third kappa shape index (κ3) is 2.93. The molecule has 0 spiro atoms. The number of hydrogen-bond acceptors (Lipinski definition) is 4. The monoisotopic (exact) mass is 275 g/mol. The molecular formula is C15H21N3O2. The Morgan fingerprint density at radius 3 is 2.60 bits per heavy atom. The fourth-order valence-electron chi connectivity index (χ4n) is 2.01. The van der Waals surface area contributed by atoms with Gasteiger partial charge in [-0.2, -0.15) is 5.10 Å². The Hall–Kier alpha value is -2.01. The van der Waals surface area contributed by atoms with Gasteiger partial charge in [-0.05, 0) is 25.5 Å². The zero-order valence-corrected chi connectivity index (χ0v) is 12.2. The summed E-state index contributed by atoms with van der Waals surface area (Å²) in [4.78, 5) is 0. The van der Waals surface area contributed by atoms with Crippen LogP contribution in [0.1, 0.15) is 24.6 Å². The maximum Gasteiger partial charge on any atom is 0.222 e. The van der Waals surface area contributed by atoms with Crippen LogP contribution in [0, 0.1) is 6.92 Å². The molecule has 1 heterocycles. The highest BCUT2D eigenvalue weighted by molar-refractivity contribution is 5.43. The molecule has 0 aliphatic rings. The first-order chi connectivity index (χ1) is 9.67. The molecule has 1 aromatic heterocycles. The number of rotatable bonds is 6. The molecule has 108 valence electrons. The zero-order chi connectivity index (χ0) is 14.5. The zero-order valence-electron chi connectivity index (χ0n) is 12.2. The summed E-state index contributed by atoms with van der Waals surface area (Å²) in [6, 6.07) is 7.62.